The van der Waals surface area contributed by atoms with Gasteiger partial charge in [-0.3, -0.25) is 4.79 Å². The highest BCUT2D eigenvalue weighted by Gasteiger charge is 2.44. The predicted octanol–water partition coefficient (Wildman–Crippen LogP) is 1.89. The first kappa shape index (κ1) is 18.0. The molecule has 0 aromatic heterocycles. The molecule has 2 N–H and O–H groups in total. The zero-order chi connectivity index (χ0) is 17.4. The number of hydrogen-bond donors (Lipinski definition) is 2. The van der Waals surface area contributed by atoms with E-state index in [2.05, 4.69) is 10.6 Å². The normalized spacial score (nSPS) is 25.9. The van der Waals surface area contributed by atoms with Crippen molar-refractivity contribution in [1.82, 2.24) is 15.5 Å². The molecule has 2 fully saturated rings. The van der Waals surface area contributed by atoms with Gasteiger partial charge in [0.25, 0.3) is 0 Å². The lowest BCUT2D eigenvalue weighted by molar-refractivity contribution is -0.137. The van der Waals surface area contributed by atoms with Gasteiger partial charge < -0.3 is 20.3 Å². The van der Waals surface area contributed by atoms with Crippen LogP contribution in [-0.4, -0.2) is 53.7 Å². The zero-order valence-corrected chi connectivity index (χ0v) is 15.2. The fourth-order valence-corrected chi connectivity index (χ4v) is 3.38. The molecule has 2 heterocycles. The Morgan fingerprint density at radius 1 is 1.17 bits per heavy atom. The zero-order valence-electron chi connectivity index (χ0n) is 15.2. The molecule has 3 atom stereocenters. The van der Waals surface area contributed by atoms with Gasteiger partial charge in [0.2, 0.25) is 5.91 Å². The Kier molecular flexibility index (Phi) is 4.95. The number of nitrogens with zero attached hydrogens (tertiary/aromatic N) is 1. The molecule has 0 bridgehead atoms. The van der Waals surface area contributed by atoms with Crippen molar-refractivity contribution in [3.63, 3.8) is 0 Å². The Hall–Kier alpha value is -1.30. The molecule has 0 aromatic rings. The Morgan fingerprint density at radius 2 is 1.83 bits per heavy atom. The third-order valence-electron chi connectivity index (χ3n) is 4.45. The molecule has 0 spiro atoms. The number of fused-ring (bicyclic) bond motifs is 1. The summed E-state index contributed by atoms with van der Waals surface area (Å²) < 4.78 is 5.33. The van der Waals surface area contributed by atoms with Crippen molar-refractivity contribution in [2.24, 2.45) is 5.41 Å². The standard InChI is InChI=1S/C17H31N3O3/c1-16(2,3)13(19-15(22)23-17(4,5)6)14(21)20-10-8-11-12(20)7-9-18-11/h11-13,18H,7-10H2,1-6H3,(H,19,22). The van der Waals surface area contributed by atoms with Crippen LogP contribution in [0.1, 0.15) is 54.4 Å². The number of rotatable bonds is 2. The number of carbonyl (C=O) groups excluding carboxylic acids is 2. The van der Waals surface area contributed by atoms with E-state index in [0.29, 0.717) is 6.04 Å². The fraction of sp³-hybridized carbons (Fsp3) is 0.882. The molecule has 2 aliphatic heterocycles. The van der Waals surface area contributed by atoms with Gasteiger partial charge in [0, 0.05) is 18.6 Å². The Bertz CT molecular complexity index is 465. The lowest BCUT2D eigenvalue weighted by Gasteiger charge is -2.35. The predicted molar refractivity (Wildman–Crippen MR) is 89.1 cm³/mol. The summed E-state index contributed by atoms with van der Waals surface area (Å²) in [4.78, 5) is 27.2. The fourth-order valence-electron chi connectivity index (χ4n) is 3.38. The van der Waals surface area contributed by atoms with Gasteiger partial charge in [-0.2, -0.15) is 0 Å². The number of hydrogen-bond acceptors (Lipinski definition) is 4. The van der Waals surface area contributed by atoms with Crippen LogP contribution in [-0.2, 0) is 9.53 Å². The Balaban J connectivity index is 2.09. The summed E-state index contributed by atoms with van der Waals surface area (Å²) in [6, 6.07) is 0.0746. The molecule has 2 amide bonds. The maximum Gasteiger partial charge on any atom is 0.408 e. The van der Waals surface area contributed by atoms with E-state index in [9.17, 15) is 9.59 Å². The molecule has 3 unspecified atom stereocenters. The molecule has 23 heavy (non-hydrogen) atoms. The largest absolute Gasteiger partial charge is 0.444 e. The summed E-state index contributed by atoms with van der Waals surface area (Å²) in [5.41, 5.74) is -0.957. The van der Waals surface area contributed by atoms with E-state index < -0.39 is 17.7 Å². The second kappa shape index (κ2) is 6.30. The van der Waals surface area contributed by atoms with Gasteiger partial charge in [-0.15, -0.1) is 0 Å². The minimum Gasteiger partial charge on any atom is -0.444 e. The van der Waals surface area contributed by atoms with Gasteiger partial charge >= 0.3 is 6.09 Å². The highest BCUT2D eigenvalue weighted by Crippen LogP contribution is 2.29. The van der Waals surface area contributed by atoms with E-state index in [0.717, 1.165) is 25.9 Å². The minimum absolute atomic E-state index is 0.000408. The summed E-state index contributed by atoms with van der Waals surface area (Å²) in [5.74, 6) is -0.000408. The quantitative estimate of drug-likeness (QED) is 0.813. The van der Waals surface area contributed by atoms with Gasteiger partial charge in [-0.1, -0.05) is 20.8 Å². The number of likely N-dealkylation sites (tertiary alicyclic amines) is 1. The molecule has 6 nitrogen and oxygen atoms in total. The van der Waals surface area contributed by atoms with Crippen molar-refractivity contribution >= 4 is 12.0 Å². The van der Waals surface area contributed by atoms with Crippen LogP contribution in [0.15, 0.2) is 0 Å². The molecule has 0 aliphatic carbocycles. The molecular formula is C17H31N3O3. The molecule has 0 radical (unpaired) electrons. The third-order valence-corrected chi connectivity index (χ3v) is 4.45. The Morgan fingerprint density at radius 3 is 2.39 bits per heavy atom. The highest BCUT2D eigenvalue weighted by atomic mass is 16.6. The second-order valence-corrected chi connectivity index (χ2v) is 8.68. The first-order chi connectivity index (χ1) is 10.5. The molecule has 0 aromatic carbocycles. The summed E-state index contributed by atoms with van der Waals surface area (Å²) >= 11 is 0. The van der Waals surface area contributed by atoms with Crippen molar-refractivity contribution in [3.05, 3.63) is 0 Å². The summed E-state index contributed by atoms with van der Waals surface area (Å²) in [6.07, 6.45) is 1.44. The van der Waals surface area contributed by atoms with Crippen molar-refractivity contribution < 1.29 is 14.3 Å². The lowest BCUT2D eigenvalue weighted by Crippen LogP contribution is -2.56. The van der Waals surface area contributed by atoms with Gasteiger partial charge in [0.05, 0.1) is 0 Å². The van der Waals surface area contributed by atoms with E-state index in [1.165, 1.54) is 0 Å². The van der Waals surface area contributed by atoms with Crippen LogP contribution < -0.4 is 10.6 Å². The van der Waals surface area contributed by atoms with Crippen LogP contribution >= 0.6 is 0 Å². The van der Waals surface area contributed by atoms with Crippen LogP contribution in [0.2, 0.25) is 0 Å². The van der Waals surface area contributed by atoms with E-state index in [4.69, 9.17) is 4.74 Å². The van der Waals surface area contributed by atoms with Crippen molar-refractivity contribution in [1.29, 1.82) is 0 Å². The van der Waals surface area contributed by atoms with Gasteiger partial charge in [0.15, 0.2) is 0 Å². The number of ether oxygens (including phenoxy) is 1. The first-order valence-corrected chi connectivity index (χ1v) is 8.52. The second-order valence-electron chi connectivity index (χ2n) is 8.68. The van der Waals surface area contributed by atoms with Gasteiger partial charge in [-0.25, -0.2) is 4.79 Å². The van der Waals surface area contributed by atoms with Crippen LogP contribution in [0, 0.1) is 5.41 Å². The average Bonchev–Trinajstić information content (AvgIpc) is 2.93. The molecular weight excluding hydrogens is 294 g/mol. The highest BCUT2D eigenvalue weighted by molar-refractivity contribution is 5.87. The molecule has 0 saturated carbocycles. The van der Waals surface area contributed by atoms with Crippen LogP contribution in [0.5, 0.6) is 0 Å². The smallest absolute Gasteiger partial charge is 0.408 e. The topological polar surface area (TPSA) is 70.7 Å². The van der Waals surface area contributed by atoms with E-state index in [1.807, 2.05) is 46.4 Å². The molecule has 132 valence electrons. The summed E-state index contributed by atoms with van der Waals surface area (Å²) in [7, 11) is 0. The van der Waals surface area contributed by atoms with Gasteiger partial charge in [-0.05, 0) is 45.6 Å². The average molecular weight is 325 g/mol. The SMILES string of the molecule is CC(C)(C)OC(=O)NC(C(=O)N1CCC2NCCC21)C(C)(C)C. The monoisotopic (exact) mass is 325 g/mol. The number of alkyl carbamates (subject to hydrolysis) is 1. The van der Waals surface area contributed by atoms with Gasteiger partial charge in [0.1, 0.15) is 11.6 Å². The van der Waals surface area contributed by atoms with Crippen molar-refractivity contribution in [2.75, 3.05) is 13.1 Å². The number of amides is 2. The maximum atomic E-state index is 13.1. The number of carbonyl (C=O) groups is 2. The maximum absolute atomic E-state index is 13.1. The first-order valence-electron chi connectivity index (χ1n) is 8.52. The van der Waals surface area contributed by atoms with Crippen LogP contribution in [0.3, 0.4) is 0 Å². The van der Waals surface area contributed by atoms with Crippen molar-refractivity contribution in [2.45, 2.75) is 78.1 Å². The summed E-state index contributed by atoms with van der Waals surface area (Å²) in [5, 5.41) is 6.24. The van der Waals surface area contributed by atoms with E-state index >= 15 is 0 Å². The Labute approximate surface area is 139 Å². The number of nitrogens with one attached hydrogen (secondary N) is 2. The third kappa shape index (κ3) is 4.37. The molecule has 6 heteroatoms. The van der Waals surface area contributed by atoms with E-state index in [1.54, 1.807) is 0 Å². The van der Waals surface area contributed by atoms with Crippen molar-refractivity contribution in [3.8, 4) is 0 Å². The summed E-state index contributed by atoms with van der Waals surface area (Å²) in [6.45, 7) is 13.1. The minimum atomic E-state index is -0.586. The van der Waals surface area contributed by atoms with Crippen LogP contribution in [0.4, 0.5) is 4.79 Å². The van der Waals surface area contributed by atoms with Crippen LogP contribution in [0.25, 0.3) is 0 Å². The molecule has 2 rings (SSSR count). The lowest BCUT2D eigenvalue weighted by atomic mass is 9.85. The molecule has 2 saturated heterocycles. The molecule has 2 aliphatic rings. The van der Waals surface area contributed by atoms with E-state index in [-0.39, 0.29) is 17.4 Å².